The molecule has 0 aliphatic heterocycles. The van der Waals surface area contributed by atoms with Crippen molar-refractivity contribution in [3.8, 4) is 11.5 Å². The molecule has 8 heteroatoms. The predicted octanol–water partition coefficient (Wildman–Crippen LogP) is 5.45. The van der Waals surface area contributed by atoms with E-state index in [1.54, 1.807) is 72.8 Å². The minimum atomic E-state index is -0.564. The van der Waals surface area contributed by atoms with Crippen molar-refractivity contribution in [2.75, 3.05) is 5.32 Å². The number of hydrogen-bond acceptors (Lipinski definition) is 6. The van der Waals surface area contributed by atoms with Gasteiger partial charge in [-0.3, -0.25) is 5.43 Å². The average molecular weight is 496 g/mol. The number of benzene rings is 4. The number of nitrogens with zero attached hydrogens (tertiary/aromatic N) is 1. The van der Waals surface area contributed by atoms with Gasteiger partial charge >= 0.3 is 11.9 Å². The van der Waals surface area contributed by atoms with Crippen LogP contribution >= 0.6 is 12.2 Å². The molecular formula is C28H21N3O4S. The van der Waals surface area contributed by atoms with Crippen molar-refractivity contribution < 1.29 is 19.1 Å². The first kappa shape index (κ1) is 24.3. The van der Waals surface area contributed by atoms with Crippen LogP contribution in [-0.2, 0) is 0 Å². The molecule has 4 aromatic rings. The van der Waals surface area contributed by atoms with Crippen molar-refractivity contribution in [2.45, 2.75) is 0 Å². The Hall–Kier alpha value is -4.82. The van der Waals surface area contributed by atoms with E-state index in [2.05, 4.69) is 15.8 Å². The molecule has 0 heterocycles. The topological polar surface area (TPSA) is 89.0 Å². The zero-order valence-corrected chi connectivity index (χ0v) is 19.8. The van der Waals surface area contributed by atoms with Crippen LogP contribution in [0.2, 0.25) is 0 Å². The third kappa shape index (κ3) is 6.85. The molecule has 178 valence electrons. The van der Waals surface area contributed by atoms with Gasteiger partial charge in [0.2, 0.25) is 0 Å². The van der Waals surface area contributed by atoms with E-state index in [-0.39, 0.29) is 16.6 Å². The Kier molecular flexibility index (Phi) is 8.14. The van der Waals surface area contributed by atoms with Gasteiger partial charge in [-0.05, 0) is 60.7 Å². The fourth-order valence-electron chi connectivity index (χ4n) is 3.09. The Morgan fingerprint density at radius 3 is 1.89 bits per heavy atom. The molecule has 0 saturated heterocycles. The monoisotopic (exact) mass is 495 g/mol. The lowest BCUT2D eigenvalue weighted by Crippen LogP contribution is -2.23. The molecule has 0 aliphatic carbocycles. The Labute approximate surface area is 213 Å². The maximum absolute atomic E-state index is 12.7. The van der Waals surface area contributed by atoms with Gasteiger partial charge in [0.05, 0.1) is 17.3 Å². The Balaban J connectivity index is 1.52. The molecule has 4 rings (SSSR count). The summed E-state index contributed by atoms with van der Waals surface area (Å²) >= 11 is 5.25. The molecule has 0 unspecified atom stereocenters. The van der Waals surface area contributed by atoms with Gasteiger partial charge in [-0.2, -0.15) is 5.10 Å². The molecule has 0 atom stereocenters. The van der Waals surface area contributed by atoms with E-state index in [0.29, 0.717) is 16.7 Å². The first-order valence-corrected chi connectivity index (χ1v) is 11.3. The smallest absolute Gasteiger partial charge is 0.343 e. The fourth-order valence-corrected chi connectivity index (χ4v) is 3.26. The lowest BCUT2D eigenvalue weighted by atomic mass is 10.2. The van der Waals surface area contributed by atoms with Crippen LogP contribution < -0.4 is 20.2 Å². The van der Waals surface area contributed by atoms with E-state index in [1.165, 1.54) is 12.3 Å². The third-order valence-electron chi connectivity index (χ3n) is 4.82. The summed E-state index contributed by atoms with van der Waals surface area (Å²) in [4.78, 5) is 25.1. The fraction of sp³-hybridized carbons (Fsp3) is 0. The van der Waals surface area contributed by atoms with Crippen molar-refractivity contribution in [1.82, 2.24) is 5.43 Å². The van der Waals surface area contributed by atoms with Gasteiger partial charge in [-0.25, -0.2) is 9.59 Å². The molecule has 0 aromatic heterocycles. The Morgan fingerprint density at radius 1 is 0.722 bits per heavy atom. The van der Waals surface area contributed by atoms with E-state index >= 15 is 0 Å². The van der Waals surface area contributed by atoms with Gasteiger partial charge in [0.15, 0.2) is 5.11 Å². The molecule has 36 heavy (non-hydrogen) atoms. The minimum absolute atomic E-state index is 0.162. The van der Waals surface area contributed by atoms with Crippen molar-refractivity contribution in [1.29, 1.82) is 0 Å². The lowest BCUT2D eigenvalue weighted by molar-refractivity contribution is 0.0732. The minimum Gasteiger partial charge on any atom is -0.423 e. The molecule has 2 N–H and O–H groups in total. The van der Waals surface area contributed by atoms with Crippen LogP contribution in [0.5, 0.6) is 11.5 Å². The highest BCUT2D eigenvalue weighted by atomic mass is 32.1. The van der Waals surface area contributed by atoms with E-state index in [1.807, 2.05) is 30.3 Å². The molecule has 0 fully saturated rings. The third-order valence-corrected chi connectivity index (χ3v) is 5.01. The second-order valence-electron chi connectivity index (χ2n) is 7.40. The lowest BCUT2D eigenvalue weighted by Gasteiger charge is -2.11. The van der Waals surface area contributed by atoms with Gasteiger partial charge in [0.1, 0.15) is 11.5 Å². The highest BCUT2D eigenvalue weighted by Gasteiger charge is 2.14. The SMILES string of the molecule is O=C(Oc1ccc(/C=N/NC(=S)Nc2ccccc2)c(OC(=O)c2ccccc2)c1)c1ccccc1. The summed E-state index contributed by atoms with van der Waals surface area (Å²) < 4.78 is 11.1. The highest BCUT2D eigenvalue weighted by molar-refractivity contribution is 7.80. The van der Waals surface area contributed by atoms with E-state index < -0.39 is 11.9 Å². The Morgan fingerprint density at radius 2 is 1.28 bits per heavy atom. The second-order valence-corrected chi connectivity index (χ2v) is 7.81. The largest absolute Gasteiger partial charge is 0.423 e. The van der Waals surface area contributed by atoms with Crippen molar-refractivity contribution >= 4 is 41.2 Å². The van der Waals surface area contributed by atoms with Crippen LogP contribution in [0.4, 0.5) is 5.69 Å². The number of thiocarbonyl (C=S) groups is 1. The number of carbonyl (C=O) groups is 2. The number of para-hydroxylation sites is 1. The van der Waals surface area contributed by atoms with Gasteiger partial charge in [-0.1, -0.05) is 54.6 Å². The van der Waals surface area contributed by atoms with Gasteiger partial charge in [0, 0.05) is 17.3 Å². The summed E-state index contributed by atoms with van der Waals surface area (Å²) in [6.45, 7) is 0. The molecule has 0 radical (unpaired) electrons. The first-order chi connectivity index (χ1) is 17.6. The van der Waals surface area contributed by atoms with Crippen LogP contribution in [-0.4, -0.2) is 23.3 Å². The molecule has 4 aromatic carbocycles. The summed E-state index contributed by atoms with van der Waals surface area (Å²) in [6, 6.07) is 31.2. The van der Waals surface area contributed by atoms with E-state index in [9.17, 15) is 9.59 Å². The summed E-state index contributed by atoms with van der Waals surface area (Å²) in [5.41, 5.74) is 4.77. The van der Waals surface area contributed by atoms with Gasteiger partial charge < -0.3 is 14.8 Å². The van der Waals surface area contributed by atoms with E-state index in [4.69, 9.17) is 21.7 Å². The van der Waals surface area contributed by atoms with Gasteiger partial charge in [0.25, 0.3) is 0 Å². The summed E-state index contributed by atoms with van der Waals surface area (Å²) in [7, 11) is 0. The second kappa shape index (κ2) is 12.0. The van der Waals surface area contributed by atoms with Crippen LogP contribution in [0, 0.1) is 0 Å². The zero-order valence-electron chi connectivity index (χ0n) is 19.0. The summed E-state index contributed by atoms with van der Waals surface area (Å²) in [5.74, 6) is -0.719. The molecule has 0 aliphatic rings. The highest BCUT2D eigenvalue weighted by Crippen LogP contribution is 2.26. The van der Waals surface area contributed by atoms with Crippen LogP contribution in [0.15, 0.2) is 114 Å². The number of carbonyl (C=O) groups excluding carboxylic acids is 2. The van der Waals surface area contributed by atoms with Crippen molar-refractivity contribution in [3.63, 3.8) is 0 Å². The molecule has 0 saturated carbocycles. The summed E-state index contributed by atoms with van der Waals surface area (Å²) in [5, 5.41) is 7.43. The Bertz CT molecular complexity index is 1380. The van der Waals surface area contributed by atoms with Crippen molar-refractivity contribution in [2.24, 2.45) is 5.10 Å². The predicted molar refractivity (Wildman–Crippen MR) is 143 cm³/mol. The zero-order chi connectivity index (χ0) is 25.2. The average Bonchev–Trinajstić information content (AvgIpc) is 2.91. The molecular weight excluding hydrogens is 474 g/mol. The van der Waals surface area contributed by atoms with Crippen LogP contribution in [0.25, 0.3) is 0 Å². The molecule has 7 nitrogen and oxygen atoms in total. The number of anilines is 1. The number of rotatable bonds is 7. The van der Waals surface area contributed by atoms with Crippen molar-refractivity contribution in [3.05, 3.63) is 126 Å². The number of nitrogens with one attached hydrogen (secondary N) is 2. The molecule has 0 spiro atoms. The maximum Gasteiger partial charge on any atom is 0.343 e. The van der Waals surface area contributed by atoms with E-state index in [0.717, 1.165) is 5.69 Å². The van der Waals surface area contributed by atoms with Crippen LogP contribution in [0.3, 0.4) is 0 Å². The standard InChI is InChI=1S/C28H21N3O4S/c32-26(20-10-4-1-5-11-20)34-24-17-16-22(19-29-31-28(36)30-23-14-8-3-9-15-23)25(18-24)35-27(33)21-12-6-2-7-13-21/h1-19H,(H2,30,31,36)/b29-19+. The number of ether oxygens (including phenoxy) is 2. The summed E-state index contributed by atoms with van der Waals surface area (Å²) in [6.07, 6.45) is 1.45. The quantitative estimate of drug-likeness (QED) is 0.116. The van der Waals surface area contributed by atoms with Crippen LogP contribution in [0.1, 0.15) is 26.3 Å². The first-order valence-electron chi connectivity index (χ1n) is 10.9. The number of hydrazone groups is 1. The number of esters is 2. The van der Waals surface area contributed by atoms with Gasteiger partial charge in [-0.15, -0.1) is 0 Å². The number of hydrogen-bond donors (Lipinski definition) is 2. The normalized spacial score (nSPS) is 10.4. The maximum atomic E-state index is 12.7. The molecule has 0 bridgehead atoms. The molecule has 0 amide bonds.